The Hall–Kier alpha value is -3.06. The smallest absolute Gasteiger partial charge is 0.318 e. The molecule has 0 N–H and O–H groups in total. The first-order chi connectivity index (χ1) is 19.1. The van der Waals surface area contributed by atoms with Crippen LogP contribution in [0.5, 0.6) is 6.01 Å². The van der Waals surface area contributed by atoms with E-state index in [9.17, 15) is 9.65 Å². The molecule has 5 aliphatic rings. The van der Waals surface area contributed by atoms with Crippen LogP contribution in [0.1, 0.15) is 53.6 Å². The highest BCUT2D eigenvalue weighted by Gasteiger charge is 2.49. The Bertz CT molecular complexity index is 1340. The second-order valence-corrected chi connectivity index (χ2v) is 11.5. The molecule has 204 valence electrons. The summed E-state index contributed by atoms with van der Waals surface area (Å²) in [4.78, 5) is 14.4. The van der Waals surface area contributed by atoms with Gasteiger partial charge < -0.3 is 19.1 Å². The molecule has 4 aliphatic heterocycles. The first-order valence-corrected chi connectivity index (χ1v) is 14.2. The van der Waals surface area contributed by atoms with E-state index in [1.807, 2.05) is 12.1 Å². The van der Waals surface area contributed by atoms with Gasteiger partial charge in [0.1, 0.15) is 24.2 Å². The minimum absolute atomic E-state index is 0.271. The van der Waals surface area contributed by atoms with Crippen LogP contribution in [0.4, 0.5) is 10.2 Å². The van der Waals surface area contributed by atoms with Gasteiger partial charge >= 0.3 is 6.01 Å². The lowest BCUT2D eigenvalue weighted by Crippen LogP contribution is -2.44. The third-order valence-electron chi connectivity index (χ3n) is 9.13. The van der Waals surface area contributed by atoms with Gasteiger partial charge in [0.25, 0.3) is 0 Å². The van der Waals surface area contributed by atoms with E-state index >= 15 is 0 Å². The second kappa shape index (κ2) is 9.84. The summed E-state index contributed by atoms with van der Waals surface area (Å²) in [6.07, 6.45) is 8.09. The molecule has 2 aromatic rings. The van der Waals surface area contributed by atoms with E-state index in [0.717, 1.165) is 80.1 Å². The van der Waals surface area contributed by atoms with E-state index in [1.165, 1.54) is 0 Å². The van der Waals surface area contributed by atoms with E-state index in [0.29, 0.717) is 50.8 Å². The summed E-state index contributed by atoms with van der Waals surface area (Å²) in [6, 6.07) is 8.59. The number of aromatic nitrogens is 2. The maximum absolute atomic E-state index is 14.4. The molecular formula is C30H34FN5O3. The molecule has 1 spiro atoms. The van der Waals surface area contributed by atoms with Gasteiger partial charge in [-0.1, -0.05) is 24.3 Å². The van der Waals surface area contributed by atoms with Gasteiger partial charge in [0.05, 0.1) is 36.1 Å². The fourth-order valence-electron chi connectivity index (χ4n) is 7.31. The van der Waals surface area contributed by atoms with Crippen molar-refractivity contribution < 1.29 is 18.6 Å². The third kappa shape index (κ3) is 4.30. The number of halogens is 1. The molecule has 1 aromatic heterocycles. The van der Waals surface area contributed by atoms with Gasteiger partial charge in [-0.25, -0.2) is 4.39 Å². The van der Waals surface area contributed by atoms with Crippen LogP contribution in [0.2, 0.25) is 0 Å². The van der Waals surface area contributed by atoms with E-state index < -0.39 is 11.8 Å². The zero-order valence-electron chi connectivity index (χ0n) is 22.2. The van der Waals surface area contributed by atoms with Gasteiger partial charge in [-0.15, -0.1) is 0 Å². The zero-order valence-corrected chi connectivity index (χ0v) is 22.2. The molecular weight excluding hydrogens is 497 g/mol. The van der Waals surface area contributed by atoms with Crippen LogP contribution in [0.25, 0.3) is 0 Å². The molecule has 39 heavy (non-hydrogen) atoms. The van der Waals surface area contributed by atoms with Crippen LogP contribution in [0, 0.1) is 11.3 Å². The van der Waals surface area contributed by atoms with Crippen molar-refractivity contribution in [3.63, 3.8) is 0 Å². The highest BCUT2D eigenvalue weighted by Crippen LogP contribution is 2.45. The molecule has 8 nitrogen and oxygen atoms in total. The maximum atomic E-state index is 14.4. The lowest BCUT2D eigenvalue weighted by Gasteiger charge is -2.40. The normalized spacial score (nSPS) is 29.9. The number of ether oxygens (including phenoxy) is 3. The van der Waals surface area contributed by atoms with Gasteiger partial charge in [0, 0.05) is 50.2 Å². The summed E-state index contributed by atoms with van der Waals surface area (Å²) in [7, 11) is 0. The molecule has 3 fully saturated rings. The van der Waals surface area contributed by atoms with Crippen LogP contribution in [-0.4, -0.2) is 72.6 Å². The molecule has 7 rings (SSSR count). The van der Waals surface area contributed by atoms with Crippen molar-refractivity contribution in [2.75, 3.05) is 50.9 Å². The Kier molecular flexibility index (Phi) is 6.30. The minimum atomic E-state index is -0.810. The Morgan fingerprint density at radius 2 is 2.13 bits per heavy atom. The lowest BCUT2D eigenvalue weighted by atomic mass is 9.77. The van der Waals surface area contributed by atoms with Crippen LogP contribution >= 0.6 is 0 Å². The fourth-order valence-corrected chi connectivity index (χ4v) is 7.31. The molecule has 0 saturated carbocycles. The van der Waals surface area contributed by atoms with Crippen molar-refractivity contribution in [2.45, 2.75) is 62.4 Å². The number of rotatable bonds is 4. The molecule has 0 bridgehead atoms. The van der Waals surface area contributed by atoms with Crippen LogP contribution in [0.3, 0.4) is 0 Å². The van der Waals surface area contributed by atoms with E-state index in [2.05, 4.69) is 34.1 Å². The highest BCUT2D eigenvalue weighted by atomic mass is 19.1. The standard InChI is InChI=1S/C30H34FN5O3/c31-23-15-29(8-3-11-36(29)18-23)20-38-28-33-25-16-30(9-2-7-21-5-1-6-22(17-32)26(21)30)39-19-24(25)27(34-28)35-10-4-13-37-14-12-35/h1-2,5-6,9,23H,3-4,7-8,10-16,18-20H2/t23-,29+,30?/m1/s1. The summed E-state index contributed by atoms with van der Waals surface area (Å²) in [5, 5.41) is 9.93. The van der Waals surface area contributed by atoms with Gasteiger partial charge in [0.15, 0.2) is 0 Å². The van der Waals surface area contributed by atoms with Crippen LogP contribution < -0.4 is 9.64 Å². The summed E-state index contributed by atoms with van der Waals surface area (Å²) < 4.78 is 33.1. The van der Waals surface area contributed by atoms with Crippen molar-refractivity contribution in [3.05, 3.63) is 58.3 Å². The minimum Gasteiger partial charge on any atom is -0.461 e. The van der Waals surface area contributed by atoms with Crippen molar-refractivity contribution in [1.82, 2.24) is 14.9 Å². The molecule has 0 radical (unpaired) electrons. The van der Waals surface area contributed by atoms with Gasteiger partial charge in [-0.05, 0) is 43.9 Å². The average Bonchev–Trinajstić information content (AvgIpc) is 3.33. The van der Waals surface area contributed by atoms with Gasteiger partial charge in [0.2, 0.25) is 0 Å². The average molecular weight is 532 g/mol. The van der Waals surface area contributed by atoms with Gasteiger partial charge in [-0.2, -0.15) is 15.2 Å². The maximum Gasteiger partial charge on any atom is 0.318 e. The number of nitriles is 1. The number of allylic oxidation sites excluding steroid dienone is 1. The molecule has 1 aromatic carbocycles. The van der Waals surface area contributed by atoms with E-state index in [4.69, 9.17) is 24.2 Å². The molecule has 0 amide bonds. The third-order valence-corrected chi connectivity index (χ3v) is 9.13. The van der Waals surface area contributed by atoms with E-state index in [1.54, 1.807) is 0 Å². The zero-order chi connectivity index (χ0) is 26.5. The SMILES string of the molecule is N#Cc1cccc2c1C1(C=CC2)Cc2nc(OC[C@@]34CCCN3C[C@H](F)C4)nc(N3CCCOCC3)c2CO1. The number of anilines is 1. The van der Waals surface area contributed by atoms with E-state index in [-0.39, 0.29) is 5.54 Å². The summed E-state index contributed by atoms with van der Waals surface area (Å²) >= 11 is 0. The number of hydrogen-bond acceptors (Lipinski definition) is 8. The first-order valence-electron chi connectivity index (χ1n) is 14.2. The molecule has 1 aliphatic carbocycles. The van der Waals surface area contributed by atoms with Crippen molar-refractivity contribution in [1.29, 1.82) is 5.26 Å². The molecule has 3 saturated heterocycles. The quantitative estimate of drug-likeness (QED) is 0.554. The Balaban J connectivity index is 1.26. The molecule has 1 unspecified atom stereocenters. The van der Waals surface area contributed by atoms with Crippen molar-refractivity contribution in [2.24, 2.45) is 0 Å². The molecule has 9 heteroatoms. The Morgan fingerprint density at radius 1 is 1.18 bits per heavy atom. The number of benzene rings is 1. The van der Waals surface area contributed by atoms with Crippen LogP contribution in [0.15, 0.2) is 30.4 Å². The summed E-state index contributed by atoms with van der Waals surface area (Å²) in [5.74, 6) is 0.833. The van der Waals surface area contributed by atoms with Crippen molar-refractivity contribution >= 4 is 5.82 Å². The largest absolute Gasteiger partial charge is 0.461 e. The summed E-state index contributed by atoms with van der Waals surface area (Å²) in [6.45, 7) is 5.06. The monoisotopic (exact) mass is 531 g/mol. The number of fused-ring (bicyclic) bond motifs is 4. The first kappa shape index (κ1) is 24.9. The lowest BCUT2D eigenvalue weighted by molar-refractivity contribution is -0.0396. The topological polar surface area (TPSA) is 83.7 Å². The predicted octanol–water partition coefficient (Wildman–Crippen LogP) is 3.61. The Labute approximate surface area is 228 Å². The van der Waals surface area contributed by atoms with Gasteiger partial charge in [-0.3, -0.25) is 4.90 Å². The van der Waals surface area contributed by atoms with Crippen molar-refractivity contribution in [3.8, 4) is 12.1 Å². The highest BCUT2D eigenvalue weighted by molar-refractivity contribution is 5.56. The number of nitrogens with zero attached hydrogens (tertiary/aromatic N) is 5. The summed E-state index contributed by atoms with van der Waals surface area (Å²) in [5.41, 5.74) is 3.50. The fraction of sp³-hybridized carbons (Fsp3) is 0.567. The predicted molar refractivity (Wildman–Crippen MR) is 142 cm³/mol. The number of alkyl halides is 1. The number of hydrogen-bond donors (Lipinski definition) is 0. The molecule has 5 heterocycles. The second-order valence-electron chi connectivity index (χ2n) is 11.5. The van der Waals surface area contributed by atoms with Crippen LogP contribution in [-0.2, 0) is 34.5 Å². The molecule has 3 atom stereocenters. The Morgan fingerprint density at radius 3 is 3.05 bits per heavy atom.